The number of urea groups is 1. The second kappa shape index (κ2) is 5.20. The molecule has 0 heterocycles. The van der Waals surface area contributed by atoms with Crippen LogP contribution < -0.4 is 16.0 Å². The summed E-state index contributed by atoms with van der Waals surface area (Å²) in [6, 6.07) is 5.67. The van der Waals surface area contributed by atoms with E-state index in [1.807, 2.05) is 13.8 Å². The fraction of sp³-hybridized carbons (Fsp3) is 0.273. The van der Waals surface area contributed by atoms with Crippen LogP contribution in [-0.4, -0.2) is 23.3 Å². The highest BCUT2D eigenvalue weighted by Gasteiger charge is 2.20. The van der Waals surface area contributed by atoms with E-state index in [0.717, 1.165) is 5.69 Å². The molecule has 0 unspecified atom stereocenters. The van der Waals surface area contributed by atoms with Crippen molar-refractivity contribution in [3.8, 4) is 0 Å². The first-order valence-corrected chi connectivity index (χ1v) is 5.11. The quantitative estimate of drug-likeness (QED) is 0.749. The molecule has 6 heteroatoms. The minimum Gasteiger partial charge on any atom is -0.464 e. The van der Waals surface area contributed by atoms with E-state index in [1.165, 1.54) is 6.07 Å². The van der Waals surface area contributed by atoms with Gasteiger partial charge < -0.3 is 16.2 Å². The Morgan fingerprint density at radius 2 is 2.06 bits per heavy atom. The number of anilines is 2. The van der Waals surface area contributed by atoms with Crippen LogP contribution in [0.5, 0.6) is 0 Å². The molecule has 0 atom stereocenters. The first kappa shape index (κ1) is 12.8. The van der Waals surface area contributed by atoms with Crippen molar-refractivity contribution in [2.45, 2.75) is 19.9 Å². The molecule has 4 N–H and O–H groups in total. The number of hydrogen-bond donors (Lipinski definition) is 3. The number of benzene rings is 1. The van der Waals surface area contributed by atoms with Crippen molar-refractivity contribution in [2.24, 2.45) is 5.73 Å². The third kappa shape index (κ3) is 3.37. The summed E-state index contributed by atoms with van der Waals surface area (Å²) in [7, 11) is 0. The molecule has 0 aromatic heterocycles. The monoisotopic (exact) mass is 237 g/mol. The van der Waals surface area contributed by atoms with Crippen LogP contribution in [0.2, 0.25) is 0 Å². The Morgan fingerprint density at radius 3 is 2.53 bits per heavy atom. The van der Waals surface area contributed by atoms with E-state index in [-0.39, 0.29) is 11.7 Å². The van der Waals surface area contributed by atoms with E-state index >= 15 is 0 Å². The summed E-state index contributed by atoms with van der Waals surface area (Å²) < 4.78 is 0. The maximum absolute atomic E-state index is 11.0. The van der Waals surface area contributed by atoms with Crippen LogP contribution in [0.3, 0.4) is 0 Å². The molecule has 0 fully saturated rings. The number of carboxylic acid groups (broad SMARTS) is 1. The third-order valence-corrected chi connectivity index (χ3v) is 1.97. The number of carbonyl (C=O) groups excluding carboxylic acids is 1. The van der Waals surface area contributed by atoms with Gasteiger partial charge in [-0.1, -0.05) is 6.07 Å². The van der Waals surface area contributed by atoms with E-state index in [2.05, 4.69) is 5.32 Å². The van der Waals surface area contributed by atoms with Gasteiger partial charge in [-0.3, -0.25) is 0 Å². The Bertz CT molecular complexity index is 418. The molecule has 0 saturated heterocycles. The van der Waals surface area contributed by atoms with Gasteiger partial charge in [-0.15, -0.1) is 0 Å². The van der Waals surface area contributed by atoms with Crippen molar-refractivity contribution in [2.75, 3.05) is 10.2 Å². The highest BCUT2D eigenvalue weighted by Crippen LogP contribution is 2.20. The molecule has 0 saturated carbocycles. The number of rotatable bonds is 3. The van der Waals surface area contributed by atoms with Crippen molar-refractivity contribution >= 4 is 23.5 Å². The number of nitrogens with one attached hydrogen (secondary N) is 1. The maximum atomic E-state index is 11.0. The number of imide groups is 1. The maximum Gasteiger partial charge on any atom is 0.420 e. The van der Waals surface area contributed by atoms with Gasteiger partial charge in [-0.25, -0.2) is 9.59 Å². The molecule has 1 aromatic carbocycles. The predicted molar refractivity (Wildman–Crippen MR) is 65.3 cm³/mol. The van der Waals surface area contributed by atoms with E-state index in [4.69, 9.17) is 10.8 Å². The highest BCUT2D eigenvalue weighted by atomic mass is 16.4. The second-order valence-electron chi connectivity index (χ2n) is 3.81. The molecule has 0 bridgehead atoms. The lowest BCUT2D eigenvalue weighted by Gasteiger charge is -2.16. The molecular weight excluding hydrogens is 222 g/mol. The Kier molecular flexibility index (Phi) is 3.92. The first-order chi connectivity index (χ1) is 7.91. The van der Waals surface area contributed by atoms with Gasteiger partial charge in [0.25, 0.3) is 0 Å². The fourth-order valence-corrected chi connectivity index (χ4v) is 1.40. The van der Waals surface area contributed by atoms with E-state index < -0.39 is 12.1 Å². The molecule has 0 aliphatic rings. The number of hydrogen-bond acceptors (Lipinski definition) is 3. The summed E-state index contributed by atoms with van der Waals surface area (Å²) in [4.78, 5) is 22.4. The Balaban J connectivity index is 3.04. The van der Waals surface area contributed by atoms with Crippen LogP contribution in [0.4, 0.5) is 21.0 Å². The second-order valence-corrected chi connectivity index (χ2v) is 3.81. The number of nitrogens with zero attached hydrogens (tertiary/aromatic N) is 1. The minimum absolute atomic E-state index is 0.206. The van der Waals surface area contributed by atoms with Crippen molar-refractivity contribution in [3.63, 3.8) is 0 Å². The van der Waals surface area contributed by atoms with Crippen LogP contribution in [-0.2, 0) is 0 Å². The van der Waals surface area contributed by atoms with Crippen molar-refractivity contribution < 1.29 is 14.7 Å². The lowest BCUT2D eigenvalue weighted by molar-refractivity contribution is 0.200. The standard InChI is InChI=1S/C11H15N3O3/c1-7(2)13-8-4-3-5-9(6-8)14(10(12)15)11(16)17/h3-7,13H,1-2H3,(H2,12,15)(H,16,17). The van der Waals surface area contributed by atoms with Crippen molar-refractivity contribution in [3.05, 3.63) is 24.3 Å². The van der Waals surface area contributed by atoms with Crippen molar-refractivity contribution in [1.29, 1.82) is 0 Å². The molecule has 0 aliphatic carbocycles. The summed E-state index contributed by atoms with van der Waals surface area (Å²) in [5.41, 5.74) is 5.95. The number of nitrogens with two attached hydrogens (primary N) is 1. The fourth-order valence-electron chi connectivity index (χ4n) is 1.40. The Labute approximate surface area is 99.0 Å². The summed E-state index contributed by atoms with van der Waals surface area (Å²) in [5, 5.41) is 12.0. The minimum atomic E-state index is -1.40. The van der Waals surface area contributed by atoms with Gasteiger partial charge >= 0.3 is 12.1 Å². The van der Waals surface area contributed by atoms with Crippen LogP contribution in [0.25, 0.3) is 0 Å². The third-order valence-electron chi connectivity index (χ3n) is 1.97. The van der Waals surface area contributed by atoms with Crippen LogP contribution >= 0.6 is 0 Å². The molecule has 0 radical (unpaired) electrons. The van der Waals surface area contributed by atoms with Gasteiger partial charge in [0.15, 0.2) is 0 Å². The van der Waals surface area contributed by atoms with Gasteiger partial charge in [-0.05, 0) is 32.0 Å². The highest BCUT2D eigenvalue weighted by molar-refractivity contribution is 6.10. The van der Waals surface area contributed by atoms with Gasteiger partial charge in [-0.2, -0.15) is 4.90 Å². The molecule has 92 valence electrons. The molecule has 17 heavy (non-hydrogen) atoms. The topological polar surface area (TPSA) is 95.7 Å². The molecule has 3 amide bonds. The van der Waals surface area contributed by atoms with E-state index in [1.54, 1.807) is 18.2 Å². The number of amides is 3. The first-order valence-electron chi connectivity index (χ1n) is 5.11. The zero-order valence-electron chi connectivity index (χ0n) is 9.68. The normalized spacial score (nSPS) is 10.1. The van der Waals surface area contributed by atoms with Gasteiger partial charge in [0.1, 0.15) is 0 Å². The van der Waals surface area contributed by atoms with E-state index in [9.17, 15) is 9.59 Å². The molecule has 6 nitrogen and oxygen atoms in total. The van der Waals surface area contributed by atoms with Crippen LogP contribution in [0.1, 0.15) is 13.8 Å². The van der Waals surface area contributed by atoms with Gasteiger partial charge in [0, 0.05) is 11.7 Å². The molecule has 1 aromatic rings. The number of carbonyl (C=O) groups is 2. The van der Waals surface area contributed by atoms with Crippen LogP contribution in [0.15, 0.2) is 24.3 Å². The van der Waals surface area contributed by atoms with Gasteiger partial charge in [0.2, 0.25) is 0 Å². The zero-order valence-corrected chi connectivity index (χ0v) is 9.68. The van der Waals surface area contributed by atoms with Crippen molar-refractivity contribution in [1.82, 2.24) is 0 Å². The smallest absolute Gasteiger partial charge is 0.420 e. The van der Waals surface area contributed by atoms with Crippen LogP contribution in [0, 0.1) is 0 Å². The summed E-state index contributed by atoms with van der Waals surface area (Å²) in [6.45, 7) is 3.91. The molecule has 0 aliphatic heterocycles. The predicted octanol–water partition coefficient (Wildman–Crippen LogP) is 2.07. The molecule has 1 rings (SSSR count). The average Bonchev–Trinajstić information content (AvgIpc) is 2.15. The SMILES string of the molecule is CC(C)Nc1cccc(N(C(N)=O)C(=O)O)c1. The number of primary amides is 1. The summed E-state index contributed by atoms with van der Waals surface area (Å²) in [5.74, 6) is 0. The Hall–Kier alpha value is -2.24. The van der Waals surface area contributed by atoms with E-state index in [0.29, 0.717) is 4.90 Å². The zero-order chi connectivity index (χ0) is 13.0. The summed E-state index contributed by atoms with van der Waals surface area (Å²) >= 11 is 0. The van der Waals surface area contributed by atoms with Gasteiger partial charge in [0.05, 0.1) is 5.69 Å². The Morgan fingerprint density at radius 1 is 1.41 bits per heavy atom. The lowest BCUT2D eigenvalue weighted by atomic mass is 10.2. The average molecular weight is 237 g/mol. The summed E-state index contributed by atoms with van der Waals surface area (Å²) in [6.07, 6.45) is -1.40. The molecular formula is C11H15N3O3. The largest absolute Gasteiger partial charge is 0.464 e. The molecule has 0 spiro atoms. The lowest BCUT2D eigenvalue weighted by Crippen LogP contribution is -2.39.